The van der Waals surface area contributed by atoms with E-state index in [9.17, 15) is 9.90 Å². The van der Waals surface area contributed by atoms with Crippen molar-refractivity contribution in [3.8, 4) is 11.5 Å². The number of esters is 1. The molecule has 1 heterocycles. The maximum atomic E-state index is 13.1. The molecule has 4 aromatic rings. The summed E-state index contributed by atoms with van der Waals surface area (Å²) in [4.78, 5) is 15.2. The predicted octanol–water partition coefficient (Wildman–Crippen LogP) is 6.64. The van der Waals surface area contributed by atoms with Gasteiger partial charge in [-0.3, -0.25) is 0 Å². The van der Waals surface area contributed by atoms with Crippen LogP contribution < -0.4 is 9.64 Å². The summed E-state index contributed by atoms with van der Waals surface area (Å²) in [6.45, 7) is 6.82. The maximum Gasteiger partial charge on any atom is 0.340 e. The molecule has 0 radical (unpaired) electrons. The lowest BCUT2D eigenvalue weighted by Crippen LogP contribution is -2.30. The van der Waals surface area contributed by atoms with Crippen molar-refractivity contribution >= 4 is 17.3 Å². The highest BCUT2D eigenvalue weighted by molar-refractivity contribution is 5.96. The second-order valence-electron chi connectivity index (χ2n) is 9.10. The van der Waals surface area contributed by atoms with Crippen molar-refractivity contribution in [1.29, 1.82) is 0 Å². The van der Waals surface area contributed by atoms with E-state index in [2.05, 4.69) is 43.0 Å². The number of hydrogen-bond donors (Lipinski definition) is 1. The van der Waals surface area contributed by atoms with Crippen LogP contribution in [-0.4, -0.2) is 24.7 Å². The van der Waals surface area contributed by atoms with Crippen molar-refractivity contribution in [1.82, 2.24) is 0 Å². The quantitative estimate of drug-likeness (QED) is 0.314. The molecule has 0 saturated carbocycles. The van der Waals surface area contributed by atoms with Gasteiger partial charge in [0.05, 0.1) is 12.7 Å². The number of rotatable bonds is 6. The third-order valence-corrected chi connectivity index (χ3v) is 6.84. The lowest BCUT2D eigenvalue weighted by Gasteiger charge is -2.33. The van der Waals surface area contributed by atoms with Crippen LogP contribution in [0.25, 0.3) is 0 Å². The summed E-state index contributed by atoms with van der Waals surface area (Å²) in [5, 5.41) is 11.5. The predicted molar refractivity (Wildman–Crippen MR) is 141 cm³/mol. The van der Waals surface area contributed by atoms with E-state index in [1.807, 2.05) is 55.5 Å². The molecule has 1 atom stereocenters. The number of benzene rings is 4. The average molecular weight is 480 g/mol. The third-order valence-electron chi connectivity index (χ3n) is 6.84. The molecular formula is C31H29NO4. The van der Waals surface area contributed by atoms with E-state index < -0.39 is 11.6 Å². The molecule has 1 aliphatic rings. The number of phenols is 1. The summed E-state index contributed by atoms with van der Waals surface area (Å²) in [5.74, 6) is 0.169. The van der Waals surface area contributed by atoms with E-state index in [0.29, 0.717) is 28.0 Å². The van der Waals surface area contributed by atoms with Crippen LogP contribution in [-0.2, 0) is 10.3 Å². The Morgan fingerprint density at radius 2 is 1.53 bits per heavy atom. The highest BCUT2D eigenvalue weighted by Gasteiger charge is 2.51. The van der Waals surface area contributed by atoms with Gasteiger partial charge < -0.3 is 19.5 Å². The minimum atomic E-state index is -1.35. The Hall–Kier alpha value is -4.25. The zero-order chi connectivity index (χ0) is 25.4. The van der Waals surface area contributed by atoms with E-state index in [-0.39, 0.29) is 5.75 Å². The Kier molecular flexibility index (Phi) is 5.92. The summed E-state index contributed by atoms with van der Waals surface area (Å²) >= 11 is 0. The van der Waals surface area contributed by atoms with Crippen molar-refractivity contribution in [2.45, 2.75) is 26.4 Å². The lowest BCUT2D eigenvalue weighted by atomic mass is 9.78. The van der Waals surface area contributed by atoms with E-state index in [4.69, 9.17) is 9.47 Å². The number of nitrogens with zero attached hydrogens (tertiary/aromatic N) is 1. The maximum absolute atomic E-state index is 13.1. The van der Waals surface area contributed by atoms with Gasteiger partial charge >= 0.3 is 5.97 Å². The topological polar surface area (TPSA) is 59.0 Å². The number of anilines is 2. The van der Waals surface area contributed by atoms with Gasteiger partial charge in [-0.05, 0) is 63.2 Å². The molecule has 5 heteroatoms. The Labute approximate surface area is 211 Å². The van der Waals surface area contributed by atoms with Gasteiger partial charge in [-0.2, -0.15) is 0 Å². The van der Waals surface area contributed by atoms with Crippen LogP contribution in [0.4, 0.5) is 11.4 Å². The van der Waals surface area contributed by atoms with Crippen LogP contribution in [0, 0.1) is 13.8 Å². The summed E-state index contributed by atoms with van der Waals surface area (Å²) in [6, 6.07) is 26.9. The highest BCUT2D eigenvalue weighted by atomic mass is 16.6. The van der Waals surface area contributed by atoms with Gasteiger partial charge in [0.15, 0.2) is 5.60 Å². The molecule has 4 aromatic carbocycles. The van der Waals surface area contributed by atoms with Crippen molar-refractivity contribution in [3.63, 3.8) is 0 Å². The Morgan fingerprint density at radius 1 is 0.833 bits per heavy atom. The molecule has 5 nitrogen and oxygen atoms in total. The Morgan fingerprint density at radius 3 is 2.22 bits per heavy atom. The lowest BCUT2D eigenvalue weighted by molar-refractivity contribution is 0.0239. The van der Waals surface area contributed by atoms with Gasteiger partial charge in [0, 0.05) is 40.7 Å². The fourth-order valence-electron chi connectivity index (χ4n) is 5.08. The Balaban J connectivity index is 1.73. The first kappa shape index (κ1) is 23.5. The molecule has 0 bridgehead atoms. The van der Waals surface area contributed by atoms with Crippen LogP contribution >= 0.6 is 0 Å². The molecule has 0 aromatic heterocycles. The first-order valence-electron chi connectivity index (χ1n) is 12.0. The number of methoxy groups -OCH3 is 1. The first-order chi connectivity index (χ1) is 17.4. The molecule has 0 amide bonds. The minimum absolute atomic E-state index is 0.0334. The van der Waals surface area contributed by atoms with Crippen molar-refractivity contribution in [3.05, 3.63) is 118 Å². The molecule has 1 aliphatic heterocycles. The van der Waals surface area contributed by atoms with Crippen molar-refractivity contribution in [2.75, 3.05) is 18.6 Å². The number of aromatic hydroxyl groups is 1. The molecule has 0 aliphatic carbocycles. The molecular weight excluding hydrogens is 450 g/mol. The van der Waals surface area contributed by atoms with Gasteiger partial charge in [0.1, 0.15) is 11.5 Å². The largest absolute Gasteiger partial charge is 0.507 e. The number of hydrogen-bond acceptors (Lipinski definition) is 5. The van der Waals surface area contributed by atoms with Crippen LogP contribution in [0.2, 0.25) is 0 Å². The molecule has 182 valence electrons. The zero-order valence-corrected chi connectivity index (χ0v) is 20.9. The monoisotopic (exact) mass is 479 g/mol. The SMILES string of the molecule is CCN(c1ccc(C)cc1)c1ccc(C2(c3cc(C)ccc3OC)OC(=O)c3ccccc32)c(O)c1. The van der Waals surface area contributed by atoms with Gasteiger partial charge in [-0.15, -0.1) is 0 Å². The number of fused-ring (bicyclic) bond motifs is 1. The fourth-order valence-corrected chi connectivity index (χ4v) is 5.08. The molecule has 1 unspecified atom stereocenters. The van der Waals surface area contributed by atoms with E-state index in [0.717, 1.165) is 23.5 Å². The number of carbonyl (C=O) groups is 1. The van der Waals surface area contributed by atoms with E-state index in [1.165, 1.54) is 5.56 Å². The van der Waals surface area contributed by atoms with E-state index in [1.54, 1.807) is 19.2 Å². The summed E-state index contributed by atoms with van der Waals surface area (Å²) in [5.41, 5.74) is 4.98. The summed E-state index contributed by atoms with van der Waals surface area (Å²) in [7, 11) is 1.59. The number of ether oxygens (including phenoxy) is 2. The molecule has 36 heavy (non-hydrogen) atoms. The second-order valence-corrected chi connectivity index (χ2v) is 9.10. The molecule has 0 saturated heterocycles. The fraction of sp³-hybridized carbons (Fsp3) is 0.194. The van der Waals surface area contributed by atoms with Gasteiger partial charge in [-0.25, -0.2) is 4.79 Å². The molecule has 1 N–H and O–H groups in total. The molecule has 0 spiro atoms. The van der Waals surface area contributed by atoms with Gasteiger partial charge in [-0.1, -0.05) is 47.5 Å². The summed E-state index contributed by atoms with van der Waals surface area (Å²) in [6.07, 6.45) is 0. The smallest absolute Gasteiger partial charge is 0.340 e. The zero-order valence-electron chi connectivity index (χ0n) is 20.9. The summed E-state index contributed by atoms with van der Waals surface area (Å²) < 4.78 is 11.9. The molecule has 0 fully saturated rings. The van der Waals surface area contributed by atoms with Gasteiger partial charge in [0.2, 0.25) is 0 Å². The normalized spacial score (nSPS) is 16.4. The van der Waals surface area contributed by atoms with Crippen LogP contribution in [0.3, 0.4) is 0 Å². The third kappa shape index (κ3) is 3.68. The average Bonchev–Trinajstić information content (AvgIpc) is 3.19. The second kappa shape index (κ2) is 9.08. The molecule has 5 rings (SSSR count). The Bertz CT molecular complexity index is 1440. The van der Waals surface area contributed by atoms with Crippen LogP contribution in [0.5, 0.6) is 11.5 Å². The number of cyclic esters (lactones) is 1. The minimum Gasteiger partial charge on any atom is -0.507 e. The van der Waals surface area contributed by atoms with Gasteiger partial charge in [0.25, 0.3) is 0 Å². The first-order valence-corrected chi connectivity index (χ1v) is 12.0. The number of phenolic OH excluding ortho intramolecular Hbond substituents is 1. The van der Waals surface area contributed by atoms with Crippen molar-refractivity contribution in [2.24, 2.45) is 0 Å². The number of carbonyl (C=O) groups excluding carboxylic acids is 1. The highest BCUT2D eigenvalue weighted by Crippen LogP contribution is 2.52. The standard InChI is InChI=1S/C31H29NO4/c1-5-32(22-13-10-20(2)11-14-22)23-15-16-26(28(33)19-23)31(27-18-21(3)12-17-29(27)35-4)25-9-7-6-8-24(25)30(34)36-31/h6-19,33H,5H2,1-4H3. The van der Waals surface area contributed by atoms with Crippen molar-refractivity contribution < 1.29 is 19.4 Å². The van der Waals surface area contributed by atoms with E-state index >= 15 is 0 Å². The van der Waals surface area contributed by atoms with Crippen LogP contribution in [0.15, 0.2) is 84.9 Å². The number of aryl methyl sites for hydroxylation is 2. The van der Waals surface area contributed by atoms with Crippen LogP contribution in [0.1, 0.15) is 45.1 Å².